The van der Waals surface area contributed by atoms with Crippen molar-refractivity contribution in [3.8, 4) is 0 Å². The van der Waals surface area contributed by atoms with Crippen LogP contribution in [0.2, 0.25) is 0 Å². The second-order valence-corrected chi connectivity index (χ2v) is 3.84. The maximum atomic E-state index is 9.34. The Kier molecular flexibility index (Phi) is 3.43. The highest BCUT2D eigenvalue weighted by atomic mass is 16.3. The second-order valence-electron chi connectivity index (χ2n) is 3.84. The molecule has 92 valence electrons. The summed E-state index contributed by atoms with van der Waals surface area (Å²) in [6.07, 6.45) is 2.04. The van der Waals surface area contributed by atoms with Gasteiger partial charge in [-0.05, 0) is 23.8 Å². The SMILES string of the molecule is CCCn1nnnc1Cn1cc(C(C)O)nn1. The van der Waals surface area contributed by atoms with Crippen molar-refractivity contribution in [3.05, 3.63) is 17.7 Å². The third-order valence-corrected chi connectivity index (χ3v) is 2.33. The Balaban J connectivity index is 2.11. The lowest BCUT2D eigenvalue weighted by Gasteiger charge is -2.01. The molecule has 1 N–H and O–H groups in total. The Morgan fingerprint density at radius 2 is 2.18 bits per heavy atom. The average molecular weight is 237 g/mol. The van der Waals surface area contributed by atoms with Crippen LogP contribution in [0.1, 0.15) is 37.9 Å². The van der Waals surface area contributed by atoms with Gasteiger partial charge in [-0.3, -0.25) is 0 Å². The van der Waals surface area contributed by atoms with Crippen molar-refractivity contribution in [1.29, 1.82) is 0 Å². The van der Waals surface area contributed by atoms with Gasteiger partial charge in [0, 0.05) is 6.54 Å². The minimum Gasteiger partial charge on any atom is -0.387 e. The molecule has 0 spiro atoms. The van der Waals surface area contributed by atoms with Gasteiger partial charge in [0.15, 0.2) is 5.82 Å². The number of rotatable bonds is 5. The van der Waals surface area contributed by atoms with E-state index >= 15 is 0 Å². The van der Waals surface area contributed by atoms with Crippen LogP contribution in [0.3, 0.4) is 0 Å². The van der Waals surface area contributed by atoms with Crippen LogP contribution < -0.4 is 0 Å². The lowest BCUT2D eigenvalue weighted by Crippen LogP contribution is -2.10. The topological polar surface area (TPSA) is 94.5 Å². The van der Waals surface area contributed by atoms with Gasteiger partial charge in [-0.1, -0.05) is 12.1 Å². The lowest BCUT2D eigenvalue weighted by atomic mass is 10.3. The van der Waals surface area contributed by atoms with Gasteiger partial charge in [0.25, 0.3) is 0 Å². The molecule has 2 rings (SSSR count). The van der Waals surface area contributed by atoms with Crippen molar-refractivity contribution in [2.75, 3.05) is 0 Å². The zero-order valence-electron chi connectivity index (χ0n) is 9.85. The van der Waals surface area contributed by atoms with Crippen molar-refractivity contribution in [2.24, 2.45) is 0 Å². The summed E-state index contributed by atoms with van der Waals surface area (Å²) in [4.78, 5) is 0. The Morgan fingerprint density at radius 3 is 2.82 bits per heavy atom. The zero-order chi connectivity index (χ0) is 12.3. The summed E-state index contributed by atoms with van der Waals surface area (Å²) in [6.45, 7) is 4.94. The molecule has 0 aromatic carbocycles. The first-order valence-corrected chi connectivity index (χ1v) is 5.54. The third kappa shape index (κ3) is 2.64. The summed E-state index contributed by atoms with van der Waals surface area (Å²) in [7, 11) is 0. The van der Waals surface area contributed by atoms with E-state index in [1.165, 1.54) is 0 Å². The summed E-state index contributed by atoms with van der Waals surface area (Å²) >= 11 is 0. The van der Waals surface area contributed by atoms with E-state index in [0.717, 1.165) is 18.8 Å². The molecule has 2 heterocycles. The fourth-order valence-electron chi connectivity index (χ4n) is 1.45. The van der Waals surface area contributed by atoms with E-state index in [0.29, 0.717) is 12.2 Å². The molecule has 0 radical (unpaired) electrons. The van der Waals surface area contributed by atoms with E-state index in [1.54, 1.807) is 22.5 Å². The van der Waals surface area contributed by atoms with E-state index in [-0.39, 0.29) is 0 Å². The molecule has 2 aromatic heterocycles. The van der Waals surface area contributed by atoms with Crippen LogP contribution in [0.25, 0.3) is 0 Å². The smallest absolute Gasteiger partial charge is 0.172 e. The molecule has 17 heavy (non-hydrogen) atoms. The van der Waals surface area contributed by atoms with Gasteiger partial charge in [-0.15, -0.1) is 10.2 Å². The number of aryl methyl sites for hydroxylation is 1. The van der Waals surface area contributed by atoms with Gasteiger partial charge < -0.3 is 5.11 Å². The molecule has 0 saturated carbocycles. The summed E-state index contributed by atoms with van der Waals surface area (Å²) in [5, 5.41) is 28.6. The van der Waals surface area contributed by atoms with Gasteiger partial charge in [-0.2, -0.15) is 0 Å². The van der Waals surface area contributed by atoms with Crippen LogP contribution in [0, 0.1) is 0 Å². The maximum Gasteiger partial charge on any atom is 0.172 e. The lowest BCUT2D eigenvalue weighted by molar-refractivity contribution is 0.194. The predicted octanol–water partition coefficient (Wildman–Crippen LogP) is -0.224. The van der Waals surface area contributed by atoms with E-state index in [1.807, 2.05) is 0 Å². The van der Waals surface area contributed by atoms with Gasteiger partial charge in [-0.25, -0.2) is 9.36 Å². The van der Waals surface area contributed by atoms with E-state index in [2.05, 4.69) is 32.8 Å². The number of aliphatic hydroxyl groups is 1. The Morgan fingerprint density at radius 1 is 1.35 bits per heavy atom. The quantitative estimate of drug-likeness (QED) is 0.772. The number of aliphatic hydroxyl groups excluding tert-OH is 1. The predicted molar refractivity (Wildman–Crippen MR) is 57.9 cm³/mol. The molecule has 1 atom stereocenters. The molecular formula is C9H15N7O. The molecule has 0 aliphatic heterocycles. The monoisotopic (exact) mass is 237 g/mol. The Labute approximate surface area is 98.3 Å². The molecule has 0 bridgehead atoms. The maximum absolute atomic E-state index is 9.34. The second kappa shape index (κ2) is 5.00. The number of hydrogen-bond acceptors (Lipinski definition) is 6. The number of nitrogens with zero attached hydrogens (tertiary/aromatic N) is 7. The molecule has 0 aliphatic carbocycles. The summed E-state index contributed by atoms with van der Waals surface area (Å²) in [6, 6.07) is 0. The molecule has 2 aromatic rings. The first-order chi connectivity index (χ1) is 8.20. The van der Waals surface area contributed by atoms with E-state index in [4.69, 9.17) is 0 Å². The van der Waals surface area contributed by atoms with Crippen molar-refractivity contribution >= 4 is 0 Å². The highest BCUT2D eigenvalue weighted by Gasteiger charge is 2.10. The normalized spacial score (nSPS) is 12.9. The largest absolute Gasteiger partial charge is 0.387 e. The van der Waals surface area contributed by atoms with Crippen molar-refractivity contribution in [1.82, 2.24) is 35.2 Å². The fourth-order valence-corrected chi connectivity index (χ4v) is 1.45. The van der Waals surface area contributed by atoms with Crippen LogP contribution in [0.5, 0.6) is 0 Å². The van der Waals surface area contributed by atoms with Crippen LogP contribution in [0.15, 0.2) is 6.20 Å². The first kappa shape index (κ1) is 11.6. The Bertz CT molecular complexity index is 475. The van der Waals surface area contributed by atoms with Crippen LogP contribution >= 0.6 is 0 Å². The number of aromatic nitrogens is 7. The minimum atomic E-state index is -0.615. The minimum absolute atomic E-state index is 0.451. The highest BCUT2D eigenvalue weighted by Crippen LogP contribution is 2.07. The standard InChI is InChI=1S/C9H15N7O/c1-3-4-16-9(11-12-14-16)6-15-5-8(7(2)17)10-13-15/h5,7,17H,3-4,6H2,1-2H3. The molecule has 8 nitrogen and oxygen atoms in total. The summed E-state index contributed by atoms with van der Waals surface area (Å²) in [5.74, 6) is 0.730. The van der Waals surface area contributed by atoms with Gasteiger partial charge >= 0.3 is 0 Å². The van der Waals surface area contributed by atoms with Gasteiger partial charge in [0.2, 0.25) is 0 Å². The van der Waals surface area contributed by atoms with Crippen molar-refractivity contribution < 1.29 is 5.11 Å². The molecular weight excluding hydrogens is 222 g/mol. The molecule has 0 fully saturated rings. The average Bonchev–Trinajstić information content (AvgIpc) is 2.90. The van der Waals surface area contributed by atoms with Gasteiger partial charge in [0.05, 0.1) is 12.3 Å². The number of hydrogen-bond donors (Lipinski definition) is 1. The Hall–Kier alpha value is -1.83. The van der Waals surface area contributed by atoms with Crippen LogP contribution in [0.4, 0.5) is 0 Å². The highest BCUT2D eigenvalue weighted by molar-refractivity contribution is 4.96. The van der Waals surface area contributed by atoms with Gasteiger partial charge in [0.1, 0.15) is 12.2 Å². The fraction of sp³-hybridized carbons (Fsp3) is 0.667. The van der Waals surface area contributed by atoms with Crippen LogP contribution in [-0.4, -0.2) is 40.3 Å². The zero-order valence-corrected chi connectivity index (χ0v) is 9.85. The van der Waals surface area contributed by atoms with Crippen molar-refractivity contribution in [2.45, 2.75) is 39.5 Å². The third-order valence-electron chi connectivity index (χ3n) is 2.33. The molecule has 0 saturated heterocycles. The van der Waals surface area contributed by atoms with Crippen molar-refractivity contribution in [3.63, 3.8) is 0 Å². The molecule has 0 amide bonds. The van der Waals surface area contributed by atoms with Crippen LogP contribution in [-0.2, 0) is 13.1 Å². The summed E-state index contributed by atoms with van der Waals surface area (Å²) in [5.41, 5.74) is 0.541. The molecule has 0 aliphatic rings. The summed E-state index contributed by atoms with van der Waals surface area (Å²) < 4.78 is 3.35. The number of tetrazole rings is 1. The van der Waals surface area contributed by atoms with E-state index < -0.39 is 6.10 Å². The molecule has 8 heteroatoms. The molecule has 1 unspecified atom stereocenters. The first-order valence-electron chi connectivity index (χ1n) is 5.54. The van der Waals surface area contributed by atoms with E-state index in [9.17, 15) is 5.11 Å².